The summed E-state index contributed by atoms with van der Waals surface area (Å²) in [6.45, 7) is 3.29. The third-order valence-electron chi connectivity index (χ3n) is 4.84. The molecule has 5 nitrogen and oxygen atoms in total. The summed E-state index contributed by atoms with van der Waals surface area (Å²) in [5, 5.41) is 5.29. The van der Waals surface area contributed by atoms with E-state index in [0.717, 1.165) is 65.0 Å². The summed E-state index contributed by atoms with van der Waals surface area (Å²) in [6, 6.07) is 10.5. The average Bonchev–Trinajstić information content (AvgIpc) is 3.07. The van der Waals surface area contributed by atoms with Crippen molar-refractivity contribution >= 4 is 34.0 Å². The van der Waals surface area contributed by atoms with Crippen LogP contribution in [0.2, 0.25) is 5.02 Å². The highest BCUT2D eigenvalue weighted by Gasteiger charge is 2.30. The molecule has 1 aromatic carbocycles. The average molecular weight is 341 g/mol. The third kappa shape index (κ3) is 2.08. The Kier molecular flexibility index (Phi) is 3.18. The summed E-state index contributed by atoms with van der Waals surface area (Å²) < 4.78 is 5.60. The highest BCUT2D eigenvalue weighted by atomic mass is 35.5. The standard InChI is InChI=1S/C18H17ClN4O/c19-14-3-1-2-12-13(9-21-17(12)14)15-4-5-16-18(22-15)23-6-7-24-10-11(23)8-20-16/h1-5,9,11,20-21H,6-8,10H2. The van der Waals surface area contributed by atoms with Gasteiger partial charge in [-0.05, 0) is 18.2 Å². The first-order valence-electron chi connectivity index (χ1n) is 8.16. The van der Waals surface area contributed by atoms with Crippen LogP contribution < -0.4 is 10.2 Å². The van der Waals surface area contributed by atoms with Crippen molar-refractivity contribution in [1.82, 2.24) is 9.97 Å². The lowest BCUT2D eigenvalue weighted by Gasteiger charge is -2.41. The van der Waals surface area contributed by atoms with Crippen LogP contribution in [0.15, 0.2) is 36.5 Å². The molecule has 122 valence electrons. The summed E-state index contributed by atoms with van der Waals surface area (Å²) >= 11 is 6.28. The number of morpholine rings is 1. The van der Waals surface area contributed by atoms with Gasteiger partial charge < -0.3 is 19.9 Å². The smallest absolute Gasteiger partial charge is 0.153 e. The molecule has 0 amide bonds. The number of pyridine rings is 1. The maximum Gasteiger partial charge on any atom is 0.153 e. The number of H-pyrrole nitrogens is 1. The molecule has 1 atom stereocenters. The lowest BCUT2D eigenvalue weighted by atomic mass is 10.1. The van der Waals surface area contributed by atoms with Gasteiger partial charge in [0.05, 0.1) is 41.2 Å². The quantitative estimate of drug-likeness (QED) is 0.711. The van der Waals surface area contributed by atoms with E-state index in [9.17, 15) is 0 Å². The third-order valence-corrected chi connectivity index (χ3v) is 5.16. The molecule has 24 heavy (non-hydrogen) atoms. The number of ether oxygens (including phenoxy) is 1. The van der Waals surface area contributed by atoms with Gasteiger partial charge >= 0.3 is 0 Å². The van der Waals surface area contributed by atoms with Crippen LogP contribution in [0.3, 0.4) is 0 Å². The molecule has 0 bridgehead atoms. The molecule has 0 spiro atoms. The monoisotopic (exact) mass is 340 g/mol. The highest BCUT2D eigenvalue weighted by Crippen LogP contribution is 2.36. The van der Waals surface area contributed by atoms with E-state index in [4.69, 9.17) is 21.3 Å². The van der Waals surface area contributed by atoms with Crippen LogP contribution in [0.25, 0.3) is 22.2 Å². The summed E-state index contributed by atoms with van der Waals surface area (Å²) in [7, 11) is 0. The Morgan fingerprint density at radius 1 is 1.25 bits per heavy atom. The number of nitrogens with one attached hydrogen (secondary N) is 2. The Morgan fingerprint density at radius 2 is 2.21 bits per heavy atom. The van der Waals surface area contributed by atoms with Gasteiger partial charge in [0, 0.05) is 30.2 Å². The van der Waals surface area contributed by atoms with Crippen molar-refractivity contribution in [1.29, 1.82) is 0 Å². The number of benzene rings is 1. The maximum absolute atomic E-state index is 6.28. The van der Waals surface area contributed by atoms with E-state index in [1.165, 1.54) is 0 Å². The van der Waals surface area contributed by atoms with E-state index in [0.29, 0.717) is 6.04 Å². The second-order valence-corrected chi connectivity index (χ2v) is 6.64. The second kappa shape index (κ2) is 5.40. The number of fused-ring (bicyclic) bond motifs is 4. The molecule has 6 heteroatoms. The molecule has 2 aliphatic rings. The predicted octanol–water partition coefficient (Wildman–Crippen LogP) is 3.51. The van der Waals surface area contributed by atoms with Crippen LogP contribution in [0.4, 0.5) is 11.5 Å². The van der Waals surface area contributed by atoms with Gasteiger partial charge in [-0.15, -0.1) is 0 Å². The Balaban J connectivity index is 1.63. The summed E-state index contributed by atoms with van der Waals surface area (Å²) in [4.78, 5) is 10.6. The lowest BCUT2D eigenvalue weighted by molar-refractivity contribution is 0.0959. The van der Waals surface area contributed by atoms with Crippen molar-refractivity contribution in [2.45, 2.75) is 6.04 Å². The fourth-order valence-electron chi connectivity index (χ4n) is 3.62. The SMILES string of the molecule is Clc1cccc2c(-c3ccc4c(n3)N3CCOCC3CN4)c[nH]c12. The molecule has 0 radical (unpaired) electrons. The van der Waals surface area contributed by atoms with E-state index in [1.54, 1.807) is 0 Å². The predicted molar refractivity (Wildman–Crippen MR) is 97.0 cm³/mol. The zero-order valence-corrected chi connectivity index (χ0v) is 13.8. The number of anilines is 2. The van der Waals surface area contributed by atoms with Gasteiger partial charge in [-0.1, -0.05) is 23.7 Å². The molecule has 2 aromatic heterocycles. The number of para-hydroxylation sites is 1. The zero-order valence-electron chi connectivity index (χ0n) is 13.1. The molecule has 1 unspecified atom stereocenters. The van der Waals surface area contributed by atoms with Gasteiger partial charge in [-0.3, -0.25) is 0 Å². The first-order chi connectivity index (χ1) is 11.8. The van der Waals surface area contributed by atoms with Crippen molar-refractivity contribution < 1.29 is 4.74 Å². The first-order valence-corrected chi connectivity index (χ1v) is 8.54. The molecule has 3 aromatic rings. The molecular weight excluding hydrogens is 324 g/mol. The Hall–Kier alpha value is -2.24. The summed E-state index contributed by atoms with van der Waals surface area (Å²) in [5.41, 5.74) is 4.08. The van der Waals surface area contributed by atoms with E-state index >= 15 is 0 Å². The van der Waals surface area contributed by atoms with Gasteiger partial charge in [0.15, 0.2) is 5.82 Å². The van der Waals surface area contributed by atoms with E-state index < -0.39 is 0 Å². The Morgan fingerprint density at radius 3 is 3.17 bits per heavy atom. The fraction of sp³-hybridized carbons (Fsp3) is 0.278. The molecule has 1 saturated heterocycles. The zero-order chi connectivity index (χ0) is 16.1. The molecule has 1 fully saturated rings. The van der Waals surface area contributed by atoms with Gasteiger partial charge in [-0.2, -0.15) is 0 Å². The van der Waals surface area contributed by atoms with Gasteiger partial charge in [0.2, 0.25) is 0 Å². The van der Waals surface area contributed by atoms with E-state index in [-0.39, 0.29) is 0 Å². The van der Waals surface area contributed by atoms with Crippen LogP contribution in [0.1, 0.15) is 0 Å². The number of aromatic amines is 1. The van der Waals surface area contributed by atoms with Crippen LogP contribution in [-0.4, -0.2) is 42.3 Å². The second-order valence-electron chi connectivity index (χ2n) is 6.24. The molecule has 5 rings (SSSR count). The van der Waals surface area contributed by atoms with Crippen LogP contribution >= 0.6 is 11.6 Å². The minimum atomic E-state index is 0.353. The van der Waals surface area contributed by atoms with Crippen molar-refractivity contribution in [3.63, 3.8) is 0 Å². The minimum absolute atomic E-state index is 0.353. The number of hydrogen-bond acceptors (Lipinski definition) is 4. The van der Waals surface area contributed by atoms with E-state index in [2.05, 4.69) is 33.4 Å². The summed E-state index contributed by atoms with van der Waals surface area (Å²) in [6.07, 6.45) is 1.98. The topological polar surface area (TPSA) is 53.2 Å². The molecule has 4 heterocycles. The van der Waals surface area contributed by atoms with Crippen molar-refractivity contribution in [3.05, 3.63) is 41.6 Å². The Labute approximate surface area is 144 Å². The lowest BCUT2D eigenvalue weighted by Crippen LogP contribution is -2.52. The van der Waals surface area contributed by atoms with Crippen molar-refractivity contribution in [2.75, 3.05) is 36.5 Å². The molecule has 2 N–H and O–H groups in total. The highest BCUT2D eigenvalue weighted by molar-refractivity contribution is 6.35. The van der Waals surface area contributed by atoms with Gasteiger partial charge in [-0.25, -0.2) is 4.98 Å². The number of aromatic nitrogens is 2. The van der Waals surface area contributed by atoms with Crippen molar-refractivity contribution in [2.24, 2.45) is 0 Å². The van der Waals surface area contributed by atoms with Crippen LogP contribution in [0.5, 0.6) is 0 Å². The Bertz CT molecular complexity index is 923. The first kappa shape index (κ1) is 14.1. The number of rotatable bonds is 1. The molecule has 0 saturated carbocycles. The molecule has 0 aliphatic carbocycles. The van der Waals surface area contributed by atoms with Crippen molar-refractivity contribution in [3.8, 4) is 11.3 Å². The van der Waals surface area contributed by atoms with Crippen LogP contribution in [0, 0.1) is 0 Å². The van der Waals surface area contributed by atoms with Crippen LogP contribution in [-0.2, 0) is 4.74 Å². The minimum Gasteiger partial charge on any atom is -0.380 e. The van der Waals surface area contributed by atoms with E-state index in [1.807, 2.05) is 18.3 Å². The fourth-order valence-corrected chi connectivity index (χ4v) is 3.84. The molecule has 2 aliphatic heterocycles. The largest absolute Gasteiger partial charge is 0.380 e. The number of hydrogen-bond donors (Lipinski definition) is 2. The summed E-state index contributed by atoms with van der Waals surface area (Å²) in [5.74, 6) is 1.02. The molecular formula is C18H17ClN4O. The normalized spacial score (nSPS) is 19.7. The van der Waals surface area contributed by atoms with Gasteiger partial charge in [0.25, 0.3) is 0 Å². The number of nitrogens with zero attached hydrogens (tertiary/aromatic N) is 2. The van der Waals surface area contributed by atoms with Gasteiger partial charge in [0.1, 0.15) is 0 Å². The number of halogens is 1. The maximum atomic E-state index is 6.28.